The Labute approximate surface area is 249 Å². The lowest BCUT2D eigenvalue weighted by molar-refractivity contribution is 0.670. The predicted octanol–water partition coefficient (Wildman–Crippen LogP) is 10.7. The van der Waals surface area contributed by atoms with Crippen molar-refractivity contribution < 1.29 is 4.42 Å². The second-order valence-corrected chi connectivity index (χ2v) is 10.6. The van der Waals surface area contributed by atoms with Gasteiger partial charge in [0.25, 0.3) is 0 Å². The quantitative estimate of drug-likeness (QED) is 0.214. The van der Waals surface area contributed by atoms with Crippen molar-refractivity contribution in [2.45, 2.75) is 0 Å². The second-order valence-electron chi connectivity index (χ2n) is 10.6. The Hall–Kier alpha value is -5.80. The molecule has 8 aromatic rings. The number of nitrogens with zero attached hydrogens (tertiary/aromatic N) is 2. The van der Waals surface area contributed by atoms with E-state index in [9.17, 15) is 0 Å². The summed E-state index contributed by atoms with van der Waals surface area (Å²) in [4.78, 5) is 10.2. The molecular formula is C40H26N2O. The van der Waals surface area contributed by atoms with E-state index in [0.29, 0.717) is 5.82 Å². The van der Waals surface area contributed by atoms with Gasteiger partial charge >= 0.3 is 0 Å². The average molecular weight is 551 g/mol. The molecule has 0 aliphatic carbocycles. The van der Waals surface area contributed by atoms with E-state index in [1.54, 1.807) is 0 Å². The number of benzene rings is 6. The zero-order chi connectivity index (χ0) is 28.6. The van der Waals surface area contributed by atoms with Crippen LogP contribution in [0.5, 0.6) is 0 Å². The highest BCUT2D eigenvalue weighted by molar-refractivity contribution is 6.09. The van der Waals surface area contributed by atoms with Crippen LogP contribution in [-0.4, -0.2) is 9.97 Å². The number of aromatic nitrogens is 2. The third-order valence-electron chi connectivity index (χ3n) is 7.90. The molecule has 0 radical (unpaired) electrons. The van der Waals surface area contributed by atoms with Crippen molar-refractivity contribution in [2.75, 3.05) is 0 Å². The van der Waals surface area contributed by atoms with Crippen molar-refractivity contribution >= 4 is 21.9 Å². The summed E-state index contributed by atoms with van der Waals surface area (Å²) in [6.45, 7) is 0. The summed E-state index contributed by atoms with van der Waals surface area (Å²) >= 11 is 0. The fourth-order valence-electron chi connectivity index (χ4n) is 5.77. The van der Waals surface area contributed by atoms with Crippen LogP contribution in [0.2, 0.25) is 0 Å². The van der Waals surface area contributed by atoms with Crippen molar-refractivity contribution in [3.05, 3.63) is 158 Å². The number of fused-ring (bicyclic) bond motifs is 3. The van der Waals surface area contributed by atoms with Gasteiger partial charge in [-0.15, -0.1) is 0 Å². The van der Waals surface area contributed by atoms with E-state index in [-0.39, 0.29) is 0 Å². The Kier molecular flexibility index (Phi) is 6.12. The third-order valence-corrected chi connectivity index (χ3v) is 7.90. The van der Waals surface area contributed by atoms with Crippen LogP contribution in [0.25, 0.3) is 78.1 Å². The summed E-state index contributed by atoms with van der Waals surface area (Å²) in [6, 6.07) is 54.3. The largest absolute Gasteiger partial charge is 0.455 e. The summed E-state index contributed by atoms with van der Waals surface area (Å²) in [7, 11) is 0. The maximum Gasteiger partial charge on any atom is 0.160 e. The first-order chi connectivity index (χ1) is 21.3. The van der Waals surface area contributed by atoms with Gasteiger partial charge in [-0.2, -0.15) is 0 Å². The first-order valence-electron chi connectivity index (χ1n) is 14.4. The molecule has 0 saturated carbocycles. The Morgan fingerprint density at radius 3 is 1.74 bits per heavy atom. The van der Waals surface area contributed by atoms with E-state index >= 15 is 0 Å². The van der Waals surface area contributed by atoms with Crippen LogP contribution in [0.15, 0.2) is 162 Å². The second kappa shape index (κ2) is 10.6. The van der Waals surface area contributed by atoms with Gasteiger partial charge in [-0.05, 0) is 41.0 Å². The average Bonchev–Trinajstić information content (AvgIpc) is 3.48. The fraction of sp³-hybridized carbons (Fsp3) is 0. The summed E-state index contributed by atoms with van der Waals surface area (Å²) in [6.07, 6.45) is 0. The van der Waals surface area contributed by atoms with Crippen LogP contribution in [0, 0.1) is 0 Å². The Morgan fingerprint density at radius 2 is 0.930 bits per heavy atom. The van der Waals surface area contributed by atoms with Gasteiger partial charge in [-0.1, -0.05) is 133 Å². The molecule has 8 rings (SSSR count). The fourth-order valence-corrected chi connectivity index (χ4v) is 5.77. The predicted molar refractivity (Wildman–Crippen MR) is 176 cm³/mol. The van der Waals surface area contributed by atoms with E-state index in [1.807, 2.05) is 36.4 Å². The molecule has 0 aliphatic rings. The van der Waals surface area contributed by atoms with Gasteiger partial charge in [0, 0.05) is 33.0 Å². The molecule has 2 aromatic heterocycles. The molecule has 43 heavy (non-hydrogen) atoms. The first kappa shape index (κ1) is 25.0. The first-order valence-corrected chi connectivity index (χ1v) is 14.4. The van der Waals surface area contributed by atoms with Crippen molar-refractivity contribution in [1.29, 1.82) is 0 Å². The van der Waals surface area contributed by atoms with Crippen molar-refractivity contribution in [3.8, 4) is 56.2 Å². The van der Waals surface area contributed by atoms with E-state index in [0.717, 1.165) is 66.7 Å². The highest BCUT2D eigenvalue weighted by atomic mass is 16.3. The number of hydrogen-bond donors (Lipinski definition) is 0. The molecule has 0 atom stereocenters. The molecule has 0 fully saturated rings. The van der Waals surface area contributed by atoms with E-state index < -0.39 is 0 Å². The minimum atomic E-state index is 0.681. The number of para-hydroxylation sites is 2. The van der Waals surface area contributed by atoms with Gasteiger partial charge in [-0.3, -0.25) is 0 Å². The SMILES string of the molecule is c1ccc(-c2cccc(-c3cc(-c4ccccc4)nc(-c4cccc(-c5cccc6c5oc5ccccc56)c4)n3)c2)cc1. The molecule has 0 aliphatic heterocycles. The number of hydrogen-bond acceptors (Lipinski definition) is 3. The van der Waals surface area contributed by atoms with Gasteiger partial charge < -0.3 is 4.42 Å². The summed E-state index contributed by atoms with van der Waals surface area (Å²) in [5.74, 6) is 0.681. The molecule has 6 aromatic carbocycles. The van der Waals surface area contributed by atoms with E-state index in [4.69, 9.17) is 14.4 Å². The molecule has 0 saturated heterocycles. The van der Waals surface area contributed by atoms with Crippen LogP contribution < -0.4 is 0 Å². The zero-order valence-corrected chi connectivity index (χ0v) is 23.3. The number of furan rings is 1. The van der Waals surface area contributed by atoms with Crippen molar-refractivity contribution in [3.63, 3.8) is 0 Å². The Morgan fingerprint density at radius 1 is 0.372 bits per heavy atom. The number of rotatable bonds is 5. The molecule has 2 heterocycles. The van der Waals surface area contributed by atoms with Crippen LogP contribution in [0.1, 0.15) is 0 Å². The lowest BCUT2D eigenvalue weighted by atomic mass is 9.99. The summed E-state index contributed by atoms with van der Waals surface area (Å²) in [5, 5.41) is 2.23. The third kappa shape index (κ3) is 4.67. The summed E-state index contributed by atoms with van der Waals surface area (Å²) < 4.78 is 6.35. The maximum atomic E-state index is 6.35. The smallest absolute Gasteiger partial charge is 0.160 e. The lowest BCUT2D eigenvalue weighted by Gasteiger charge is -2.11. The molecule has 202 valence electrons. The van der Waals surface area contributed by atoms with Crippen LogP contribution >= 0.6 is 0 Å². The highest BCUT2D eigenvalue weighted by Crippen LogP contribution is 2.37. The molecule has 3 heteroatoms. The normalized spacial score (nSPS) is 11.3. The molecule has 3 nitrogen and oxygen atoms in total. The van der Waals surface area contributed by atoms with Crippen LogP contribution in [-0.2, 0) is 0 Å². The van der Waals surface area contributed by atoms with Gasteiger partial charge in [-0.25, -0.2) is 9.97 Å². The molecule has 0 spiro atoms. The maximum absolute atomic E-state index is 6.35. The molecule has 0 amide bonds. The van der Waals surface area contributed by atoms with Gasteiger partial charge in [0.2, 0.25) is 0 Å². The van der Waals surface area contributed by atoms with Crippen molar-refractivity contribution in [2.24, 2.45) is 0 Å². The summed E-state index contributed by atoms with van der Waals surface area (Å²) in [5.41, 5.74) is 11.0. The topological polar surface area (TPSA) is 38.9 Å². The van der Waals surface area contributed by atoms with Gasteiger partial charge in [0.15, 0.2) is 5.82 Å². The molecule has 0 bridgehead atoms. The van der Waals surface area contributed by atoms with Crippen LogP contribution in [0.4, 0.5) is 0 Å². The molecular weight excluding hydrogens is 524 g/mol. The zero-order valence-electron chi connectivity index (χ0n) is 23.3. The van der Waals surface area contributed by atoms with Crippen LogP contribution in [0.3, 0.4) is 0 Å². The van der Waals surface area contributed by atoms with Gasteiger partial charge in [0.05, 0.1) is 11.4 Å². The van der Waals surface area contributed by atoms with E-state index in [1.165, 1.54) is 5.56 Å². The molecule has 0 unspecified atom stereocenters. The standard InChI is InChI=1S/C40H26N2O/c1-3-12-27(13-4-1)29-16-9-18-31(24-29)37-26-36(28-14-5-2-6-15-28)41-40(42-37)32-19-10-17-30(25-32)33-21-11-22-35-34-20-7-8-23-38(34)43-39(33)35/h1-26H. The molecule has 0 N–H and O–H groups in total. The lowest BCUT2D eigenvalue weighted by Crippen LogP contribution is -1.96. The van der Waals surface area contributed by atoms with E-state index in [2.05, 4.69) is 121 Å². The highest BCUT2D eigenvalue weighted by Gasteiger charge is 2.15. The Bertz CT molecular complexity index is 2230. The minimum absolute atomic E-state index is 0.681. The van der Waals surface area contributed by atoms with Crippen molar-refractivity contribution in [1.82, 2.24) is 9.97 Å². The minimum Gasteiger partial charge on any atom is -0.455 e. The Balaban J connectivity index is 1.28. The monoisotopic (exact) mass is 550 g/mol. The van der Waals surface area contributed by atoms with Gasteiger partial charge in [0.1, 0.15) is 11.2 Å².